The van der Waals surface area contributed by atoms with Crippen molar-refractivity contribution in [3.05, 3.63) is 52.5 Å². The maximum Gasteiger partial charge on any atom is 0.258 e. The molecule has 1 saturated heterocycles. The molecule has 2 aromatic rings. The van der Waals surface area contributed by atoms with Crippen molar-refractivity contribution >= 4 is 17.2 Å². The van der Waals surface area contributed by atoms with Gasteiger partial charge in [-0.05, 0) is 72.6 Å². The molecule has 0 radical (unpaired) electrons. The lowest BCUT2D eigenvalue weighted by molar-refractivity contribution is -0.123. The Morgan fingerprint density at radius 1 is 1.15 bits per heavy atom. The van der Waals surface area contributed by atoms with Gasteiger partial charge >= 0.3 is 0 Å². The molecule has 1 fully saturated rings. The second-order valence-corrected chi connectivity index (χ2v) is 7.35. The molecule has 3 rings (SSSR count). The standard InChI is InChI=1S/C20H25FN2O2S/c21-17-5-7-18(8-6-17)25-14-20(24)22-13-19(16-9-12-26-15-16)23-10-3-1-2-4-11-23/h5-9,12,15,19H,1-4,10-11,13-14H2,(H,22,24)/t19-/m0/s1. The number of carbonyl (C=O) groups excluding carboxylic acids is 1. The predicted octanol–water partition coefficient (Wildman–Crippen LogP) is 4.00. The third kappa shape index (κ3) is 5.54. The average molecular weight is 376 g/mol. The Hall–Kier alpha value is -1.92. The summed E-state index contributed by atoms with van der Waals surface area (Å²) in [5.74, 6) is 0.00526. The Morgan fingerprint density at radius 2 is 1.88 bits per heavy atom. The van der Waals surface area contributed by atoms with Crippen LogP contribution >= 0.6 is 11.3 Å². The lowest BCUT2D eigenvalue weighted by Gasteiger charge is -2.30. The number of halogens is 1. The molecule has 1 N–H and O–H groups in total. The van der Waals surface area contributed by atoms with Gasteiger partial charge in [0.2, 0.25) is 0 Å². The Bertz CT molecular complexity index is 668. The molecule has 1 atom stereocenters. The quantitative estimate of drug-likeness (QED) is 0.794. The molecule has 1 amide bonds. The lowest BCUT2D eigenvalue weighted by atomic mass is 10.1. The molecule has 6 heteroatoms. The van der Waals surface area contributed by atoms with E-state index in [0.717, 1.165) is 13.1 Å². The van der Waals surface area contributed by atoms with E-state index >= 15 is 0 Å². The largest absolute Gasteiger partial charge is 0.484 e. The van der Waals surface area contributed by atoms with Crippen molar-refractivity contribution in [2.24, 2.45) is 0 Å². The summed E-state index contributed by atoms with van der Waals surface area (Å²) in [6, 6.07) is 8.02. The van der Waals surface area contributed by atoms with Crippen molar-refractivity contribution < 1.29 is 13.9 Å². The molecule has 4 nitrogen and oxygen atoms in total. The third-order valence-corrected chi connectivity index (χ3v) is 5.39. The molecule has 1 aliphatic rings. The number of carbonyl (C=O) groups is 1. The van der Waals surface area contributed by atoms with Crippen LogP contribution < -0.4 is 10.1 Å². The van der Waals surface area contributed by atoms with Gasteiger partial charge in [-0.2, -0.15) is 11.3 Å². The van der Waals surface area contributed by atoms with Gasteiger partial charge in [0.15, 0.2) is 6.61 Å². The van der Waals surface area contributed by atoms with Gasteiger partial charge in [-0.1, -0.05) is 12.8 Å². The van der Waals surface area contributed by atoms with E-state index in [-0.39, 0.29) is 24.4 Å². The summed E-state index contributed by atoms with van der Waals surface area (Å²) >= 11 is 1.69. The Labute approximate surface area is 158 Å². The topological polar surface area (TPSA) is 41.6 Å². The zero-order valence-corrected chi connectivity index (χ0v) is 15.6. The minimum atomic E-state index is -0.321. The molecule has 140 valence electrons. The van der Waals surface area contributed by atoms with Crippen molar-refractivity contribution in [3.63, 3.8) is 0 Å². The highest BCUT2D eigenvalue weighted by Crippen LogP contribution is 2.25. The van der Waals surface area contributed by atoms with Crippen LogP contribution in [-0.4, -0.2) is 37.0 Å². The van der Waals surface area contributed by atoms with Crippen LogP contribution in [0.2, 0.25) is 0 Å². The first-order valence-corrected chi connectivity index (χ1v) is 10.1. The van der Waals surface area contributed by atoms with Gasteiger partial charge < -0.3 is 10.1 Å². The fourth-order valence-electron chi connectivity index (χ4n) is 3.27. The van der Waals surface area contributed by atoms with Crippen LogP contribution in [0.3, 0.4) is 0 Å². The van der Waals surface area contributed by atoms with E-state index in [2.05, 4.69) is 27.0 Å². The maximum atomic E-state index is 12.9. The molecule has 0 aliphatic carbocycles. The van der Waals surface area contributed by atoms with Crippen LogP contribution in [0.4, 0.5) is 4.39 Å². The van der Waals surface area contributed by atoms with Crippen LogP contribution in [-0.2, 0) is 4.79 Å². The minimum absolute atomic E-state index is 0.0675. The number of hydrogen-bond donors (Lipinski definition) is 1. The number of rotatable bonds is 7. The number of nitrogens with one attached hydrogen (secondary N) is 1. The van der Waals surface area contributed by atoms with Gasteiger partial charge in [-0.3, -0.25) is 9.69 Å². The van der Waals surface area contributed by atoms with Crippen molar-refractivity contribution in [2.45, 2.75) is 31.7 Å². The van der Waals surface area contributed by atoms with Gasteiger partial charge in [-0.25, -0.2) is 4.39 Å². The van der Waals surface area contributed by atoms with Gasteiger partial charge in [0.1, 0.15) is 11.6 Å². The first kappa shape index (κ1) is 18.9. The molecule has 0 saturated carbocycles. The highest BCUT2D eigenvalue weighted by molar-refractivity contribution is 7.07. The van der Waals surface area contributed by atoms with Crippen molar-refractivity contribution in [1.82, 2.24) is 10.2 Å². The van der Waals surface area contributed by atoms with E-state index in [9.17, 15) is 9.18 Å². The zero-order valence-electron chi connectivity index (χ0n) is 14.8. The third-order valence-electron chi connectivity index (χ3n) is 4.69. The number of benzene rings is 1. The van der Waals surface area contributed by atoms with E-state index < -0.39 is 0 Å². The second kappa shape index (κ2) is 9.69. The summed E-state index contributed by atoms with van der Waals surface area (Å²) in [6.45, 7) is 2.65. The van der Waals surface area contributed by atoms with E-state index in [1.165, 1.54) is 55.5 Å². The van der Waals surface area contributed by atoms with Crippen LogP contribution in [0.15, 0.2) is 41.1 Å². The number of likely N-dealkylation sites (tertiary alicyclic amines) is 1. The Morgan fingerprint density at radius 3 is 2.54 bits per heavy atom. The molecule has 0 unspecified atom stereocenters. The summed E-state index contributed by atoms with van der Waals surface area (Å²) in [5.41, 5.74) is 1.26. The fourth-order valence-corrected chi connectivity index (χ4v) is 3.98. The van der Waals surface area contributed by atoms with Gasteiger partial charge in [0, 0.05) is 6.54 Å². The summed E-state index contributed by atoms with van der Waals surface area (Å²) in [5, 5.41) is 7.24. The highest BCUT2D eigenvalue weighted by Gasteiger charge is 2.22. The molecule has 0 bridgehead atoms. The van der Waals surface area contributed by atoms with Crippen molar-refractivity contribution in [2.75, 3.05) is 26.2 Å². The molecule has 1 aromatic heterocycles. The van der Waals surface area contributed by atoms with Crippen LogP contribution in [0.1, 0.15) is 37.3 Å². The number of ether oxygens (including phenoxy) is 1. The van der Waals surface area contributed by atoms with Gasteiger partial charge in [0.25, 0.3) is 5.91 Å². The second-order valence-electron chi connectivity index (χ2n) is 6.57. The van der Waals surface area contributed by atoms with E-state index in [0.29, 0.717) is 12.3 Å². The molecule has 0 spiro atoms. The number of hydrogen-bond acceptors (Lipinski definition) is 4. The SMILES string of the molecule is O=C(COc1ccc(F)cc1)NC[C@@H](c1ccsc1)N1CCCCCC1. The summed E-state index contributed by atoms with van der Waals surface area (Å²) in [6.07, 6.45) is 4.99. The normalized spacial score (nSPS) is 16.7. The molecule has 1 aromatic carbocycles. The first-order chi connectivity index (χ1) is 12.7. The van der Waals surface area contributed by atoms with Crippen LogP contribution in [0.5, 0.6) is 5.75 Å². The fraction of sp³-hybridized carbons (Fsp3) is 0.450. The first-order valence-electron chi connectivity index (χ1n) is 9.13. The summed E-state index contributed by atoms with van der Waals surface area (Å²) < 4.78 is 18.3. The number of amides is 1. The average Bonchev–Trinajstić information content (AvgIpc) is 3.04. The molecule has 2 heterocycles. The summed E-state index contributed by atoms with van der Waals surface area (Å²) in [4.78, 5) is 14.7. The van der Waals surface area contributed by atoms with Crippen LogP contribution in [0, 0.1) is 5.82 Å². The number of thiophene rings is 1. The molecule has 26 heavy (non-hydrogen) atoms. The van der Waals surface area contributed by atoms with Crippen molar-refractivity contribution in [1.29, 1.82) is 0 Å². The lowest BCUT2D eigenvalue weighted by Crippen LogP contribution is -2.40. The van der Waals surface area contributed by atoms with Gasteiger partial charge in [0.05, 0.1) is 6.04 Å². The number of nitrogens with zero attached hydrogens (tertiary/aromatic N) is 1. The smallest absolute Gasteiger partial charge is 0.258 e. The monoisotopic (exact) mass is 376 g/mol. The zero-order chi connectivity index (χ0) is 18.2. The minimum Gasteiger partial charge on any atom is -0.484 e. The molecular weight excluding hydrogens is 351 g/mol. The van der Waals surface area contributed by atoms with Crippen molar-refractivity contribution in [3.8, 4) is 5.75 Å². The highest BCUT2D eigenvalue weighted by atomic mass is 32.1. The van der Waals surface area contributed by atoms with E-state index in [4.69, 9.17) is 4.74 Å². The van der Waals surface area contributed by atoms with Gasteiger partial charge in [-0.15, -0.1) is 0 Å². The van der Waals surface area contributed by atoms with E-state index in [1.54, 1.807) is 11.3 Å². The maximum absolute atomic E-state index is 12.9. The summed E-state index contributed by atoms with van der Waals surface area (Å²) in [7, 11) is 0. The predicted molar refractivity (Wildman–Crippen MR) is 102 cm³/mol. The van der Waals surface area contributed by atoms with E-state index in [1.807, 2.05) is 0 Å². The Balaban J connectivity index is 1.53. The molecule has 1 aliphatic heterocycles. The van der Waals surface area contributed by atoms with Crippen LogP contribution in [0.25, 0.3) is 0 Å². The molecular formula is C20H25FN2O2S. The Kier molecular flexibility index (Phi) is 7.03.